The minimum absolute atomic E-state index is 0.0751. The number of fused-ring (bicyclic) bond motifs is 3. The molecule has 270 valence electrons. The van der Waals surface area contributed by atoms with Crippen LogP contribution in [0.3, 0.4) is 0 Å². The Morgan fingerprint density at radius 2 is 1.58 bits per heavy atom. The molecule has 4 aliphatic rings. The molecule has 14 heteroatoms. The van der Waals surface area contributed by atoms with Gasteiger partial charge in [0.2, 0.25) is 11.8 Å². The number of amides is 4. The molecule has 13 nitrogen and oxygen atoms in total. The van der Waals surface area contributed by atoms with Gasteiger partial charge in [0.05, 0.1) is 35.0 Å². The Morgan fingerprint density at radius 3 is 2.42 bits per heavy atom. The summed E-state index contributed by atoms with van der Waals surface area (Å²) in [5, 5.41) is 4.94. The zero-order valence-corrected chi connectivity index (χ0v) is 28.7. The number of likely N-dealkylation sites (tertiary alicyclic amines) is 1. The summed E-state index contributed by atoms with van der Waals surface area (Å²) in [6, 6.07) is 14.5. The minimum Gasteiger partial charge on any atom is -0.492 e. The smallest absolute Gasteiger partial charge is 0.262 e. The van der Waals surface area contributed by atoms with E-state index in [1.807, 2.05) is 29.1 Å². The fraction of sp³-hybridized carbons (Fsp3) is 0.333. The first-order chi connectivity index (χ1) is 25.8. The first-order valence-electron chi connectivity index (χ1n) is 17.9. The van der Waals surface area contributed by atoms with Crippen LogP contribution in [0.15, 0.2) is 73.2 Å². The number of benzene rings is 2. The van der Waals surface area contributed by atoms with Gasteiger partial charge in [-0.3, -0.25) is 38.9 Å². The second-order valence-electron chi connectivity index (χ2n) is 14.0. The molecule has 4 amide bonds. The van der Waals surface area contributed by atoms with Crippen LogP contribution in [0, 0.1) is 5.82 Å². The third-order valence-corrected chi connectivity index (χ3v) is 10.7. The molecule has 2 aromatic carbocycles. The second kappa shape index (κ2) is 13.4. The first kappa shape index (κ1) is 33.1. The van der Waals surface area contributed by atoms with Crippen molar-refractivity contribution >= 4 is 51.1 Å². The molecule has 53 heavy (non-hydrogen) atoms. The van der Waals surface area contributed by atoms with E-state index >= 15 is 0 Å². The van der Waals surface area contributed by atoms with Gasteiger partial charge in [-0.25, -0.2) is 14.4 Å². The van der Waals surface area contributed by atoms with Gasteiger partial charge in [-0.15, -0.1) is 0 Å². The minimum atomic E-state index is -0.998. The number of carbonyl (C=O) groups is 4. The van der Waals surface area contributed by atoms with Gasteiger partial charge in [0.1, 0.15) is 35.9 Å². The zero-order chi connectivity index (χ0) is 36.2. The molecule has 5 aromatic rings. The monoisotopic (exact) mass is 717 g/mol. The molecule has 0 bridgehead atoms. The number of carbonyl (C=O) groups excluding carboxylic acids is 4. The molecule has 9 rings (SSSR count). The lowest BCUT2D eigenvalue weighted by atomic mass is 10.0. The number of anilines is 1. The van der Waals surface area contributed by atoms with Crippen molar-refractivity contribution in [2.45, 2.75) is 43.9 Å². The van der Waals surface area contributed by atoms with Crippen molar-refractivity contribution in [3.63, 3.8) is 0 Å². The normalized spacial score (nSPS) is 20.0. The van der Waals surface area contributed by atoms with E-state index < -0.39 is 29.7 Å². The van der Waals surface area contributed by atoms with Crippen LogP contribution >= 0.6 is 0 Å². The fourth-order valence-electron chi connectivity index (χ4n) is 7.71. The largest absolute Gasteiger partial charge is 0.492 e. The van der Waals surface area contributed by atoms with Crippen molar-refractivity contribution in [2.24, 2.45) is 0 Å². The van der Waals surface area contributed by atoms with E-state index in [1.54, 1.807) is 30.5 Å². The maximum absolute atomic E-state index is 13.8. The maximum Gasteiger partial charge on any atom is 0.262 e. The highest BCUT2D eigenvalue weighted by molar-refractivity contribution is 6.23. The molecule has 7 heterocycles. The van der Waals surface area contributed by atoms with Crippen molar-refractivity contribution in [2.75, 3.05) is 44.2 Å². The molecule has 1 atom stereocenters. The van der Waals surface area contributed by atoms with Crippen LogP contribution in [0.1, 0.15) is 46.4 Å². The number of aromatic nitrogens is 3. The molecule has 4 aliphatic heterocycles. The number of hydrogen-bond donors (Lipinski definition) is 1. The Hall–Kier alpha value is -5.73. The second-order valence-corrected chi connectivity index (χ2v) is 14.0. The van der Waals surface area contributed by atoms with Crippen LogP contribution in [0.25, 0.3) is 27.5 Å². The summed E-state index contributed by atoms with van der Waals surface area (Å²) < 4.78 is 28.2. The van der Waals surface area contributed by atoms with Gasteiger partial charge in [-0.05, 0) is 79.2 Å². The highest BCUT2D eigenvalue weighted by atomic mass is 19.1. The van der Waals surface area contributed by atoms with Gasteiger partial charge in [0.15, 0.2) is 0 Å². The van der Waals surface area contributed by atoms with Crippen LogP contribution in [0.5, 0.6) is 5.75 Å². The van der Waals surface area contributed by atoms with Crippen molar-refractivity contribution < 1.29 is 33.0 Å². The SMILES string of the molecule is O=C1CCC(N2C(=O)c3ccc(OCCN4CCC(OC5CN(c6cc7ccn(-c8cc9cc(F)ccc9cn8)c7cn6)C5)CC4)cc3C2=O)C(=O)N1. The molecule has 0 spiro atoms. The van der Waals surface area contributed by atoms with E-state index in [9.17, 15) is 23.6 Å². The molecular weight excluding hydrogens is 681 g/mol. The fourth-order valence-corrected chi connectivity index (χ4v) is 7.71. The van der Waals surface area contributed by atoms with Crippen molar-refractivity contribution in [3.05, 3.63) is 90.1 Å². The Labute approximate surface area is 303 Å². The summed E-state index contributed by atoms with van der Waals surface area (Å²) in [4.78, 5) is 64.8. The Bertz CT molecular complexity index is 2300. The van der Waals surface area contributed by atoms with Crippen LogP contribution in [0.4, 0.5) is 10.2 Å². The molecule has 3 aromatic heterocycles. The highest BCUT2D eigenvalue weighted by Gasteiger charge is 2.44. The summed E-state index contributed by atoms with van der Waals surface area (Å²) >= 11 is 0. The van der Waals surface area contributed by atoms with Crippen molar-refractivity contribution in [1.29, 1.82) is 0 Å². The van der Waals surface area contributed by atoms with Crippen LogP contribution in [0.2, 0.25) is 0 Å². The van der Waals surface area contributed by atoms with Gasteiger partial charge >= 0.3 is 0 Å². The molecule has 0 aliphatic carbocycles. The highest BCUT2D eigenvalue weighted by Crippen LogP contribution is 2.31. The quantitative estimate of drug-likeness (QED) is 0.224. The summed E-state index contributed by atoms with van der Waals surface area (Å²) in [5.74, 6) is -0.307. The van der Waals surface area contributed by atoms with Crippen LogP contribution in [-0.4, -0.2) is 106 Å². The van der Waals surface area contributed by atoms with Crippen LogP contribution < -0.4 is 15.0 Å². The van der Waals surface area contributed by atoms with Crippen molar-refractivity contribution in [3.8, 4) is 11.6 Å². The summed E-state index contributed by atoms with van der Waals surface area (Å²) in [6.07, 6.45) is 7.96. The predicted molar refractivity (Wildman–Crippen MR) is 191 cm³/mol. The van der Waals surface area contributed by atoms with Gasteiger partial charge in [-0.2, -0.15) is 0 Å². The van der Waals surface area contributed by atoms with E-state index in [0.29, 0.717) is 24.7 Å². The van der Waals surface area contributed by atoms with Crippen LogP contribution in [-0.2, 0) is 14.3 Å². The lowest BCUT2D eigenvalue weighted by Gasteiger charge is -2.43. The number of nitrogens with zero attached hydrogens (tertiary/aromatic N) is 6. The zero-order valence-electron chi connectivity index (χ0n) is 28.7. The molecule has 3 fully saturated rings. The third-order valence-electron chi connectivity index (χ3n) is 10.7. The maximum atomic E-state index is 13.8. The van der Waals surface area contributed by atoms with E-state index in [0.717, 1.165) is 71.4 Å². The summed E-state index contributed by atoms with van der Waals surface area (Å²) in [7, 11) is 0. The summed E-state index contributed by atoms with van der Waals surface area (Å²) in [5.41, 5.74) is 1.36. The molecule has 1 N–H and O–H groups in total. The van der Waals surface area contributed by atoms with E-state index in [-0.39, 0.29) is 42.0 Å². The number of hydrogen-bond acceptors (Lipinski definition) is 10. The topological polar surface area (TPSA) is 139 Å². The van der Waals surface area contributed by atoms with Gasteiger partial charge in [0.25, 0.3) is 11.8 Å². The van der Waals surface area contributed by atoms with E-state index in [2.05, 4.69) is 26.2 Å². The number of piperidine rings is 2. The van der Waals surface area contributed by atoms with Crippen molar-refractivity contribution in [1.82, 2.24) is 29.7 Å². The Kier molecular flexibility index (Phi) is 8.35. The standard InChI is InChI=1S/C39H36FN7O6/c40-26-2-1-24-19-41-35(17-25(24)15-26)46-12-7-23-16-34(42-20-33(23)46)45-21-29(22-45)53-27-8-10-44(11-9-27)13-14-52-28-3-4-30-31(18-28)39(51)47(38(30)50)32-5-6-36(48)43-37(32)49/h1-4,7,12,15-20,27,29,32H,5-6,8-11,13-14,21-22H2,(H,43,48,49). The Balaban J connectivity index is 0.725. The number of rotatable bonds is 9. The molecule has 0 radical (unpaired) electrons. The average molecular weight is 718 g/mol. The molecule has 0 saturated carbocycles. The lowest BCUT2D eigenvalue weighted by molar-refractivity contribution is -0.136. The van der Waals surface area contributed by atoms with E-state index in [4.69, 9.17) is 14.5 Å². The van der Waals surface area contributed by atoms with E-state index in [1.165, 1.54) is 12.1 Å². The van der Waals surface area contributed by atoms with Gasteiger partial charge in [-0.1, -0.05) is 0 Å². The van der Waals surface area contributed by atoms with Gasteiger partial charge < -0.3 is 14.4 Å². The molecule has 3 saturated heterocycles. The Morgan fingerprint density at radius 1 is 0.792 bits per heavy atom. The average Bonchev–Trinajstić information content (AvgIpc) is 3.67. The third kappa shape index (κ3) is 6.27. The number of nitrogens with one attached hydrogen (secondary N) is 1. The molecule has 1 unspecified atom stereocenters. The predicted octanol–water partition coefficient (Wildman–Crippen LogP) is 3.86. The first-order valence-corrected chi connectivity index (χ1v) is 17.9. The van der Waals surface area contributed by atoms with Gasteiger partial charge in [0, 0.05) is 62.3 Å². The number of pyridine rings is 2. The lowest BCUT2D eigenvalue weighted by Crippen LogP contribution is -2.54. The number of halogens is 1. The molecular formula is C39H36FN7O6. The number of imide groups is 2. The summed E-state index contributed by atoms with van der Waals surface area (Å²) in [6.45, 7) is 4.47. The number of ether oxygens (including phenoxy) is 2.